The molecule has 1 aliphatic heterocycles. The first-order chi connectivity index (χ1) is 11.5. The van der Waals surface area contributed by atoms with Gasteiger partial charge in [-0.1, -0.05) is 6.92 Å². The Morgan fingerprint density at radius 3 is 3.00 bits per heavy atom. The zero-order valence-corrected chi connectivity index (χ0v) is 14.7. The summed E-state index contributed by atoms with van der Waals surface area (Å²) in [6.45, 7) is 3.19. The van der Waals surface area contributed by atoms with E-state index >= 15 is 0 Å². The van der Waals surface area contributed by atoms with Crippen LogP contribution in [-0.4, -0.2) is 50.6 Å². The largest absolute Gasteiger partial charge is 0.497 e. The number of benzene rings is 1. The van der Waals surface area contributed by atoms with Crippen molar-refractivity contribution in [1.82, 2.24) is 14.9 Å². The molecule has 0 spiro atoms. The van der Waals surface area contributed by atoms with Gasteiger partial charge in [-0.3, -0.25) is 0 Å². The number of ether oxygens (including phenoxy) is 1. The maximum absolute atomic E-state index is 12.0. The van der Waals surface area contributed by atoms with Gasteiger partial charge >= 0.3 is 0 Å². The van der Waals surface area contributed by atoms with Gasteiger partial charge in [0, 0.05) is 29.9 Å². The van der Waals surface area contributed by atoms with Crippen LogP contribution >= 0.6 is 0 Å². The molecule has 1 aliphatic rings. The van der Waals surface area contributed by atoms with E-state index in [9.17, 15) is 8.42 Å². The number of aromatic nitrogens is 2. The number of rotatable bonds is 6. The summed E-state index contributed by atoms with van der Waals surface area (Å²) < 4.78 is 32.0. The van der Waals surface area contributed by atoms with Crippen LogP contribution < -0.4 is 14.4 Å². The average molecular weight is 350 g/mol. The van der Waals surface area contributed by atoms with E-state index in [0.717, 1.165) is 35.3 Å². The number of fused-ring (bicyclic) bond motifs is 1. The van der Waals surface area contributed by atoms with Gasteiger partial charge in [0.25, 0.3) is 0 Å². The van der Waals surface area contributed by atoms with Gasteiger partial charge in [-0.15, -0.1) is 5.10 Å². The van der Waals surface area contributed by atoms with Gasteiger partial charge in [0.15, 0.2) is 5.82 Å². The standard InChI is InChI=1S/C16H22N4O3S/c1-3-8-24(21,22)19-13-6-7-20(11-13)16-15-9-14(23-2)5-4-12(15)10-17-18-16/h4-5,9-10,13,19H,3,6-8,11H2,1-2H3. The molecule has 8 heteroatoms. The molecule has 0 radical (unpaired) electrons. The first kappa shape index (κ1) is 16.9. The third kappa shape index (κ3) is 3.59. The second-order valence-electron chi connectivity index (χ2n) is 5.99. The summed E-state index contributed by atoms with van der Waals surface area (Å²) in [6.07, 6.45) is 3.08. The molecule has 0 aliphatic carbocycles. The lowest BCUT2D eigenvalue weighted by Crippen LogP contribution is -2.38. The van der Waals surface area contributed by atoms with Crippen LogP contribution in [0.5, 0.6) is 5.75 Å². The Morgan fingerprint density at radius 2 is 2.25 bits per heavy atom. The molecule has 1 unspecified atom stereocenters. The topological polar surface area (TPSA) is 84.4 Å². The fourth-order valence-corrected chi connectivity index (χ4v) is 4.39. The molecular formula is C16H22N4O3S. The Bertz CT molecular complexity index is 825. The van der Waals surface area contributed by atoms with Crippen molar-refractivity contribution in [2.24, 2.45) is 0 Å². The van der Waals surface area contributed by atoms with Gasteiger partial charge in [-0.05, 0) is 31.0 Å². The van der Waals surface area contributed by atoms with Gasteiger partial charge < -0.3 is 9.64 Å². The van der Waals surface area contributed by atoms with Crippen LogP contribution in [0.15, 0.2) is 24.4 Å². The third-order valence-electron chi connectivity index (χ3n) is 4.16. The highest BCUT2D eigenvalue weighted by Crippen LogP contribution is 2.29. The lowest BCUT2D eigenvalue weighted by molar-refractivity contribution is 0.415. The second kappa shape index (κ2) is 6.90. The Morgan fingerprint density at radius 1 is 1.42 bits per heavy atom. The highest BCUT2D eigenvalue weighted by molar-refractivity contribution is 7.89. The summed E-state index contributed by atoms with van der Waals surface area (Å²) in [7, 11) is -1.58. The van der Waals surface area contributed by atoms with E-state index in [-0.39, 0.29) is 11.8 Å². The second-order valence-corrected chi connectivity index (χ2v) is 7.86. The molecule has 1 aromatic carbocycles. The highest BCUT2D eigenvalue weighted by Gasteiger charge is 2.28. The minimum atomic E-state index is -3.21. The van der Waals surface area contributed by atoms with Gasteiger partial charge in [0.05, 0.1) is 19.1 Å². The Hall–Kier alpha value is -1.93. The summed E-state index contributed by atoms with van der Waals surface area (Å²) in [6, 6.07) is 5.68. The molecule has 1 fully saturated rings. The third-order valence-corrected chi connectivity index (χ3v) is 5.80. The Kier molecular flexibility index (Phi) is 4.86. The van der Waals surface area contributed by atoms with Crippen molar-refractivity contribution in [1.29, 1.82) is 0 Å². The molecule has 2 aromatic rings. The van der Waals surface area contributed by atoms with E-state index < -0.39 is 10.0 Å². The van der Waals surface area contributed by atoms with E-state index in [4.69, 9.17) is 4.74 Å². The molecule has 1 saturated heterocycles. The smallest absolute Gasteiger partial charge is 0.211 e. The number of sulfonamides is 1. The molecule has 7 nitrogen and oxygen atoms in total. The number of hydrogen-bond donors (Lipinski definition) is 1. The maximum Gasteiger partial charge on any atom is 0.211 e. The number of hydrogen-bond acceptors (Lipinski definition) is 6. The van der Waals surface area contributed by atoms with Crippen molar-refractivity contribution < 1.29 is 13.2 Å². The van der Waals surface area contributed by atoms with Crippen molar-refractivity contribution in [3.05, 3.63) is 24.4 Å². The van der Waals surface area contributed by atoms with Gasteiger partial charge in [0.1, 0.15) is 5.75 Å². The summed E-state index contributed by atoms with van der Waals surface area (Å²) in [4.78, 5) is 2.08. The van der Waals surface area contributed by atoms with Crippen molar-refractivity contribution in [2.75, 3.05) is 30.9 Å². The monoisotopic (exact) mass is 350 g/mol. The number of methoxy groups -OCH3 is 1. The summed E-state index contributed by atoms with van der Waals surface area (Å²) in [5, 5.41) is 10.3. The van der Waals surface area contributed by atoms with Crippen molar-refractivity contribution in [3.8, 4) is 5.75 Å². The van der Waals surface area contributed by atoms with Crippen molar-refractivity contribution in [2.45, 2.75) is 25.8 Å². The van der Waals surface area contributed by atoms with E-state index in [1.165, 1.54) is 0 Å². The summed E-state index contributed by atoms with van der Waals surface area (Å²) in [5.41, 5.74) is 0. The first-order valence-corrected chi connectivity index (χ1v) is 9.72. The van der Waals surface area contributed by atoms with Crippen LogP contribution in [0, 0.1) is 0 Å². The molecular weight excluding hydrogens is 328 g/mol. The van der Waals surface area contributed by atoms with E-state index in [1.54, 1.807) is 13.3 Å². The lowest BCUT2D eigenvalue weighted by Gasteiger charge is -2.19. The zero-order chi connectivity index (χ0) is 17.2. The minimum absolute atomic E-state index is 0.0933. The van der Waals surface area contributed by atoms with Crippen molar-refractivity contribution in [3.63, 3.8) is 0 Å². The van der Waals surface area contributed by atoms with Crippen LogP contribution in [0.4, 0.5) is 5.82 Å². The number of nitrogens with one attached hydrogen (secondary N) is 1. The quantitative estimate of drug-likeness (QED) is 0.851. The fourth-order valence-electron chi connectivity index (χ4n) is 3.03. The molecule has 1 N–H and O–H groups in total. The van der Waals surface area contributed by atoms with Crippen LogP contribution in [0.1, 0.15) is 19.8 Å². The normalized spacial score (nSPS) is 18.2. The molecule has 0 bridgehead atoms. The molecule has 1 atom stereocenters. The van der Waals surface area contributed by atoms with E-state index in [0.29, 0.717) is 13.0 Å². The van der Waals surface area contributed by atoms with E-state index in [1.807, 2.05) is 25.1 Å². The average Bonchev–Trinajstić information content (AvgIpc) is 3.01. The van der Waals surface area contributed by atoms with Gasteiger partial charge in [0.2, 0.25) is 10.0 Å². The molecule has 0 saturated carbocycles. The molecule has 0 amide bonds. The summed E-state index contributed by atoms with van der Waals surface area (Å²) in [5.74, 6) is 1.69. The lowest BCUT2D eigenvalue weighted by atomic mass is 10.1. The van der Waals surface area contributed by atoms with Crippen LogP contribution in [0.3, 0.4) is 0 Å². The van der Waals surface area contributed by atoms with Crippen LogP contribution in [0.25, 0.3) is 10.8 Å². The fraction of sp³-hybridized carbons (Fsp3) is 0.500. The predicted octanol–water partition coefficient (Wildman–Crippen LogP) is 1.55. The Labute approximate surface area is 142 Å². The molecule has 2 heterocycles. The van der Waals surface area contributed by atoms with Crippen LogP contribution in [-0.2, 0) is 10.0 Å². The molecule has 1 aromatic heterocycles. The van der Waals surface area contributed by atoms with Crippen molar-refractivity contribution >= 4 is 26.6 Å². The Balaban J connectivity index is 1.82. The van der Waals surface area contributed by atoms with Gasteiger partial charge in [-0.2, -0.15) is 5.10 Å². The van der Waals surface area contributed by atoms with Crippen LogP contribution in [0.2, 0.25) is 0 Å². The number of nitrogens with zero attached hydrogens (tertiary/aromatic N) is 3. The molecule has 130 valence electrons. The highest BCUT2D eigenvalue weighted by atomic mass is 32.2. The van der Waals surface area contributed by atoms with Gasteiger partial charge in [-0.25, -0.2) is 13.1 Å². The maximum atomic E-state index is 12.0. The first-order valence-electron chi connectivity index (χ1n) is 8.07. The molecule has 24 heavy (non-hydrogen) atoms. The summed E-state index contributed by atoms with van der Waals surface area (Å²) >= 11 is 0. The SMILES string of the molecule is CCCS(=O)(=O)NC1CCN(c2nncc3ccc(OC)cc23)C1. The molecule has 3 rings (SSSR count). The minimum Gasteiger partial charge on any atom is -0.497 e. The predicted molar refractivity (Wildman–Crippen MR) is 93.9 cm³/mol. The van der Waals surface area contributed by atoms with E-state index in [2.05, 4.69) is 19.8 Å². The number of anilines is 1. The zero-order valence-electron chi connectivity index (χ0n) is 13.9.